The molecular weight excluding hydrogens is 303 g/mol. The summed E-state index contributed by atoms with van der Waals surface area (Å²) in [5, 5.41) is 0. The summed E-state index contributed by atoms with van der Waals surface area (Å²) in [5.41, 5.74) is 4.85. The van der Waals surface area contributed by atoms with Crippen LogP contribution in [0, 0.1) is 0 Å². The quantitative estimate of drug-likeness (QED) is 0.634. The van der Waals surface area contributed by atoms with Gasteiger partial charge in [-0.05, 0) is 0 Å². The van der Waals surface area contributed by atoms with Gasteiger partial charge in [0.2, 0.25) is 0 Å². The predicted octanol–water partition coefficient (Wildman–Crippen LogP) is -0.865. The number of hydrogen-bond acceptors (Lipinski definition) is 3. The third-order valence-corrected chi connectivity index (χ3v) is 1.50. The first kappa shape index (κ1) is 6.54. The van der Waals surface area contributed by atoms with Gasteiger partial charge in [0.1, 0.15) is 0 Å². The van der Waals surface area contributed by atoms with E-state index in [0.29, 0.717) is 0 Å². The molecule has 1 heterocycles. The van der Waals surface area contributed by atoms with Gasteiger partial charge in [-0.3, -0.25) is 0 Å². The number of hydrogen-bond donors (Lipinski definition) is 1. The molecule has 52 valence electrons. The van der Waals surface area contributed by atoms with Crippen LogP contribution in [0.1, 0.15) is 0 Å². The van der Waals surface area contributed by atoms with Crippen molar-refractivity contribution >= 4 is 5.82 Å². The van der Waals surface area contributed by atoms with Gasteiger partial charge in [0.15, 0.2) is 0 Å². The molecule has 0 saturated heterocycles. The van der Waals surface area contributed by atoms with Gasteiger partial charge in [0, 0.05) is 0 Å². The summed E-state index contributed by atoms with van der Waals surface area (Å²) < 4.78 is 1.30. The molecule has 2 N–H and O–H groups in total. The number of nitrogens with zero attached hydrogens (tertiary/aromatic N) is 2. The third kappa shape index (κ3) is 1.41. The Hall–Kier alpha value is -0.580. The van der Waals surface area contributed by atoms with E-state index in [1.54, 1.807) is 12.3 Å². The van der Waals surface area contributed by atoms with Crippen LogP contribution in [0.4, 0.5) is 5.82 Å². The van der Waals surface area contributed by atoms with E-state index in [2.05, 4.69) is 4.98 Å². The maximum atomic E-state index is 10.6. The fourth-order valence-corrected chi connectivity index (χ4v) is 0.661. The molecule has 0 bridgehead atoms. The van der Waals surface area contributed by atoms with E-state index in [1.807, 2.05) is 21.3 Å². The van der Waals surface area contributed by atoms with Crippen molar-refractivity contribution in [1.82, 2.24) is 7.95 Å². The van der Waals surface area contributed by atoms with Crippen LogP contribution in [-0.2, 0) is 21.3 Å². The molecule has 0 saturated carbocycles. The van der Waals surface area contributed by atoms with Gasteiger partial charge in [0.05, 0.1) is 0 Å². The van der Waals surface area contributed by atoms with Crippen LogP contribution in [0.2, 0.25) is 0 Å². The van der Waals surface area contributed by atoms with Crippen LogP contribution in [0.25, 0.3) is 0 Å². The first-order valence-electron chi connectivity index (χ1n) is 2.18. The summed E-state index contributed by atoms with van der Waals surface area (Å²) in [6, 6.07) is 1.56. The molecule has 0 atom stereocenters. The van der Waals surface area contributed by atoms with E-state index < -0.39 is 0 Å². The molecule has 0 aliphatic heterocycles. The first-order chi connectivity index (χ1) is 4.20. The average Bonchev–Trinajstić information content (AvgIpc) is 1.80. The molecule has 0 unspecified atom stereocenters. The van der Waals surface area contributed by atoms with Gasteiger partial charge < -0.3 is 0 Å². The van der Waals surface area contributed by atoms with Crippen molar-refractivity contribution < 1.29 is 21.3 Å². The summed E-state index contributed by atoms with van der Waals surface area (Å²) in [4.78, 5) is 14.0. The summed E-state index contributed by atoms with van der Waals surface area (Å²) in [6.07, 6.45) is 1.55. The first-order valence-corrected chi connectivity index (χ1v) is 3.15. The summed E-state index contributed by atoms with van der Waals surface area (Å²) in [5.74, 6) is 0.253. The second-order valence-electron chi connectivity index (χ2n) is 1.41. The van der Waals surface area contributed by atoms with Gasteiger partial charge >= 0.3 is 63.6 Å². The Morgan fingerprint density at radius 3 is 2.89 bits per heavy atom. The second-order valence-corrected chi connectivity index (χ2v) is 2.45. The molecule has 0 amide bonds. The molecule has 4 nitrogen and oxygen atoms in total. The van der Waals surface area contributed by atoms with Crippen LogP contribution >= 0.6 is 0 Å². The molecule has 9 heavy (non-hydrogen) atoms. The van der Waals surface area contributed by atoms with E-state index in [-0.39, 0.29) is 11.5 Å². The van der Waals surface area contributed by atoms with Gasteiger partial charge in [-0.2, -0.15) is 0 Å². The fourth-order valence-electron chi connectivity index (χ4n) is 0.392. The maximum absolute atomic E-state index is 10.6. The molecule has 5 heteroatoms. The van der Waals surface area contributed by atoms with Crippen LogP contribution in [0.15, 0.2) is 17.1 Å². The van der Waals surface area contributed by atoms with E-state index in [9.17, 15) is 4.79 Å². The number of aromatic nitrogens is 2. The van der Waals surface area contributed by atoms with E-state index in [4.69, 9.17) is 5.73 Å². The Labute approximate surface area is 63.9 Å². The minimum atomic E-state index is -0.349. The van der Waals surface area contributed by atoms with Crippen LogP contribution in [0.5, 0.6) is 0 Å². The van der Waals surface area contributed by atoms with Crippen molar-refractivity contribution in [3.8, 4) is 0 Å². The van der Waals surface area contributed by atoms with Crippen molar-refractivity contribution in [1.29, 1.82) is 0 Å². The molecule has 0 aromatic carbocycles. The molecule has 1 rings (SSSR count). The number of nitrogen functional groups attached to an aromatic ring is 1. The number of rotatable bonds is 0. The SMILES string of the molecule is Nc1cc[n]([Au])c(=O)n1. The number of nitrogens with two attached hydrogens (primary N) is 1. The second kappa shape index (κ2) is 2.35. The Bertz CT molecular complexity index is 269. The minimum absolute atomic E-state index is 0.253. The molecule has 1 aromatic heterocycles. The third-order valence-electron chi connectivity index (χ3n) is 0.758. The van der Waals surface area contributed by atoms with Gasteiger partial charge in [0.25, 0.3) is 0 Å². The molecule has 0 fully saturated rings. The van der Waals surface area contributed by atoms with E-state index >= 15 is 0 Å². The zero-order chi connectivity index (χ0) is 6.85. The van der Waals surface area contributed by atoms with E-state index in [1.165, 1.54) is 2.97 Å². The fraction of sp³-hybridized carbons (Fsp3) is 0. The van der Waals surface area contributed by atoms with Gasteiger partial charge in [-0.1, -0.05) is 0 Å². The molecule has 0 spiro atoms. The normalized spacial score (nSPS) is 9.56. The predicted molar refractivity (Wildman–Crippen MR) is 28.3 cm³/mol. The van der Waals surface area contributed by atoms with Crippen LogP contribution in [-0.4, -0.2) is 7.95 Å². The average molecular weight is 307 g/mol. The Kier molecular flexibility index (Phi) is 1.70. The van der Waals surface area contributed by atoms with E-state index in [0.717, 1.165) is 0 Å². The zero-order valence-corrected chi connectivity index (χ0v) is 6.50. The molecule has 1 aromatic rings. The van der Waals surface area contributed by atoms with Crippen molar-refractivity contribution in [3.05, 3.63) is 22.7 Å². The molecular formula is C4H4AuN3O. The standard InChI is InChI=1S/C4H5N3O.Au/c5-3-1-2-6-4(8)7-3;/h1-2H,(H3,5,6,7,8);/q;+1/p-1. The molecule has 0 radical (unpaired) electrons. The Morgan fingerprint density at radius 1 is 1.78 bits per heavy atom. The van der Waals surface area contributed by atoms with Gasteiger partial charge in [-0.15, -0.1) is 0 Å². The zero-order valence-electron chi connectivity index (χ0n) is 4.34. The van der Waals surface area contributed by atoms with Crippen LogP contribution < -0.4 is 11.4 Å². The topological polar surface area (TPSA) is 60.9 Å². The molecule has 0 aliphatic carbocycles. The Balaban J connectivity index is 3.34. The van der Waals surface area contributed by atoms with Crippen molar-refractivity contribution in [3.63, 3.8) is 0 Å². The van der Waals surface area contributed by atoms with Crippen molar-refractivity contribution in [2.24, 2.45) is 0 Å². The number of anilines is 1. The van der Waals surface area contributed by atoms with Crippen LogP contribution in [0.3, 0.4) is 0 Å². The Morgan fingerprint density at radius 2 is 2.44 bits per heavy atom. The monoisotopic (exact) mass is 307 g/mol. The summed E-state index contributed by atoms with van der Waals surface area (Å²) >= 11 is 2.00. The van der Waals surface area contributed by atoms with Gasteiger partial charge in [-0.25, -0.2) is 0 Å². The molecule has 0 aliphatic rings. The van der Waals surface area contributed by atoms with Crippen molar-refractivity contribution in [2.45, 2.75) is 0 Å². The summed E-state index contributed by atoms with van der Waals surface area (Å²) in [6.45, 7) is 0. The van der Waals surface area contributed by atoms with Crippen molar-refractivity contribution in [2.75, 3.05) is 5.73 Å². The summed E-state index contributed by atoms with van der Waals surface area (Å²) in [7, 11) is 0.